The minimum Gasteiger partial charge on any atom is -0.495 e. The van der Waals surface area contributed by atoms with Crippen molar-refractivity contribution in [1.29, 1.82) is 0 Å². The van der Waals surface area contributed by atoms with E-state index in [1.807, 2.05) is 0 Å². The number of halogens is 3. The lowest BCUT2D eigenvalue weighted by Crippen LogP contribution is -2.52. The Morgan fingerprint density at radius 1 is 1.13 bits per heavy atom. The number of amides is 2. The number of para-hydroxylation sites is 2. The lowest BCUT2D eigenvalue weighted by Gasteiger charge is -2.28. The van der Waals surface area contributed by atoms with Gasteiger partial charge in [-0.2, -0.15) is 0 Å². The molecule has 0 fully saturated rings. The molecule has 2 N–H and O–H groups in total. The molecule has 1 aliphatic heterocycles. The van der Waals surface area contributed by atoms with Gasteiger partial charge in [-0.1, -0.05) is 59.1 Å². The summed E-state index contributed by atoms with van der Waals surface area (Å²) >= 11 is 17.9. The van der Waals surface area contributed by atoms with E-state index < -0.39 is 38.3 Å². The molecule has 0 unspecified atom stereocenters. The zero-order valence-corrected chi connectivity index (χ0v) is 18.5. The number of hydrogen-bond acceptors (Lipinski definition) is 6. The van der Waals surface area contributed by atoms with Gasteiger partial charge in [0.25, 0.3) is 15.9 Å². The van der Waals surface area contributed by atoms with Crippen LogP contribution >= 0.6 is 34.8 Å². The van der Waals surface area contributed by atoms with Crippen LogP contribution in [0.25, 0.3) is 0 Å². The summed E-state index contributed by atoms with van der Waals surface area (Å²) in [5, 5.41) is 5.25. The van der Waals surface area contributed by atoms with E-state index in [0.717, 1.165) is 0 Å². The van der Waals surface area contributed by atoms with E-state index in [9.17, 15) is 18.0 Å². The fraction of sp³-hybridized carbons (Fsp3) is 0.222. The summed E-state index contributed by atoms with van der Waals surface area (Å²) in [7, 11) is -2.70. The van der Waals surface area contributed by atoms with Crippen LogP contribution in [0.1, 0.15) is 10.4 Å². The molecule has 0 saturated carbocycles. The summed E-state index contributed by atoms with van der Waals surface area (Å²) in [6.45, 7) is -0.777. The van der Waals surface area contributed by atoms with Crippen molar-refractivity contribution in [3.05, 3.63) is 54.1 Å². The van der Waals surface area contributed by atoms with E-state index in [0.29, 0.717) is 15.7 Å². The van der Waals surface area contributed by atoms with Crippen LogP contribution in [0.2, 0.25) is 0 Å². The molecule has 1 aliphatic rings. The van der Waals surface area contributed by atoms with Crippen LogP contribution in [0.4, 0.5) is 5.69 Å². The van der Waals surface area contributed by atoms with Crippen molar-refractivity contribution in [2.75, 3.05) is 19.0 Å². The predicted octanol–water partition coefficient (Wildman–Crippen LogP) is 2.76. The highest BCUT2D eigenvalue weighted by Crippen LogP contribution is 2.34. The number of hydrogen-bond donors (Lipinski definition) is 2. The highest BCUT2D eigenvalue weighted by molar-refractivity contribution is 7.90. The second-order valence-electron chi connectivity index (χ2n) is 6.20. The average molecular weight is 493 g/mol. The first-order valence-electron chi connectivity index (χ1n) is 8.47. The van der Waals surface area contributed by atoms with Crippen LogP contribution in [0.3, 0.4) is 0 Å². The zero-order chi connectivity index (χ0) is 22.1. The van der Waals surface area contributed by atoms with Gasteiger partial charge < -0.3 is 15.4 Å². The second kappa shape index (κ2) is 8.50. The fourth-order valence-corrected chi connectivity index (χ4v) is 4.70. The van der Waals surface area contributed by atoms with E-state index in [1.54, 1.807) is 24.3 Å². The number of benzene rings is 2. The molecule has 8 nitrogen and oxygen atoms in total. The molecule has 0 aliphatic carbocycles. The quantitative estimate of drug-likeness (QED) is 0.475. The van der Waals surface area contributed by atoms with Crippen LogP contribution in [0, 0.1) is 0 Å². The van der Waals surface area contributed by atoms with Gasteiger partial charge >= 0.3 is 0 Å². The van der Waals surface area contributed by atoms with Crippen LogP contribution in [0.5, 0.6) is 5.75 Å². The summed E-state index contributed by atoms with van der Waals surface area (Å²) in [5.74, 6) is -1.22. The van der Waals surface area contributed by atoms with Crippen molar-refractivity contribution in [3.63, 3.8) is 0 Å². The molecule has 12 heteroatoms. The average Bonchev–Trinajstić information content (AvgIpc) is 2.88. The topological polar surface area (TPSA) is 105 Å². The van der Waals surface area contributed by atoms with Crippen LogP contribution in [-0.2, 0) is 14.8 Å². The number of carbonyl (C=O) groups is 2. The van der Waals surface area contributed by atoms with Gasteiger partial charge in [0.2, 0.25) is 9.70 Å². The molecule has 0 spiro atoms. The van der Waals surface area contributed by atoms with Crippen LogP contribution < -0.4 is 15.4 Å². The summed E-state index contributed by atoms with van der Waals surface area (Å²) < 4.78 is 28.9. The molecule has 0 saturated heterocycles. The highest BCUT2D eigenvalue weighted by Gasteiger charge is 2.43. The predicted molar refractivity (Wildman–Crippen MR) is 114 cm³/mol. The van der Waals surface area contributed by atoms with Gasteiger partial charge in [0, 0.05) is 0 Å². The number of methoxy groups -OCH3 is 1. The highest BCUT2D eigenvalue weighted by atomic mass is 35.6. The Morgan fingerprint density at radius 3 is 2.40 bits per heavy atom. The third-order valence-corrected chi connectivity index (χ3v) is 6.68. The van der Waals surface area contributed by atoms with E-state index in [2.05, 4.69) is 10.6 Å². The van der Waals surface area contributed by atoms with Crippen molar-refractivity contribution in [2.45, 2.75) is 14.9 Å². The number of nitrogens with zero attached hydrogens (tertiary/aromatic N) is 1. The molecule has 0 bridgehead atoms. The van der Waals surface area contributed by atoms with E-state index >= 15 is 0 Å². The van der Waals surface area contributed by atoms with E-state index in [1.165, 1.54) is 31.4 Å². The third-order valence-electron chi connectivity index (χ3n) is 4.24. The number of ether oxygens (including phenoxy) is 1. The Labute approximate surface area is 188 Å². The van der Waals surface area contributed by atoms with E-state index in [4.69, 9.17) is 39.5 Å². The SMILES string of the molecule is COc1ccccc1N[C@H](NC(=O)CN1C(=O)c2ccccc2S1(=O)=O)C(Cl)(Cl)Cl. The number of carbonyl (C=O) groups excluding carboxylic acids is 2. The molecule has 0 aromatic heterocycles. The van der Waals surface area contributed by atoms with Crippen molar-refractivity contribution in [2.24, 2.45) is 0 Å². The molecule has 0 radical (unpaired) electrons. The molecule has 30 heavy (non-hydrogen) atoms. The molecule has 3 rings (SSSR count). The number of rotatable bonds is 6. The number of sulfonamides is 1. The standard InChI is InChI=1S/C18H16Cl3N3O5S/c1-29-13-8-4-3-7-12(13)22-17(18(19,20)21)23-15(25)10-24-16(26)11-6-2-5-9-14(11)30(24,27)28/h2-9,17,22H,10H2,1H3,(H,23,25)/t17-/m1/s1. The Morgan fingerprint density at radius 2 is 1.77 bits per heavy atom. The van der Waals surface area contributed by atoms with Crippen LogP contribution in [-0.4, -0.2) is 48.2 Å². The van der Waals surface area contributed by atoms with Crippen molar-refractivity contribution < 1.29 is 22.7 Å². The van der Waals surface area contributed by atoms with Gasteiger partial charge in [0.1, 0.15) is 23.4 Å². The Hall–Kier alpha value is -2.20. The smallest absolute Gasteiger partial charge is 0.269 e. The number of nitrogens with one attached hydrogen (secondary N) is 2. The first-order valence-corrected chi connectivity index (χ1v) is 11.0. The summed E-state index contributed by atoms with van der Waals surface area (Å²) in [6, 6.07) is 12.4. The van der Waals surface area contributed by atoms with Gasteiger partial charge in [0.05, 0.1) is 18.4 Å². The molecule has 160 valence electrons. The summed E-state index contributed by atoms with van der Waals surface area (Å²) in [4.78, 5) is 24.9. The van der Waals surface area contributed by atoms with Crippen LogP contribution in [0.15, 0.2) is 53.4 Å². The fourth-order valence-electron chi connectivity index (χ4n) is 2.84. The van der Waals surface area contributed by atoms with Crippen molar-refractivity contribution >= 4 is 62.3 Å². The molecule has 2 amide bonds. The Kier molecular flexibility index (Phi) is 6.37. The maximum absolute atomic E-state index is 12.6. The molecule has 2 aromatic carbocycles. The molecular formula is C18H16Cl3N3O5S. The summed E-state index contributed by atoms with van der Waals surface area (Å²) in [5.41, 5.74) is 0.421. The molecule has 1 heterocycles. The Balaban J connectivity index is 1.78. The maximum atomic E-state index is 12.6. The Bertz CT molecular complexity index is 1090. The van der Waals surface area contributed by atoms with Crippen molar-refractivity contribution in [1.82, 2.24) is 9.62 Å². The third kappa shape index (κ3) is 4.44. The second-order valence-corrected chi connectivity index (χ2v) is 10.4. The molecule has 2 aromatic rings. The van der Waals surface area contributed by atoms with Gasteiger partial charge in [0.15, 0.2) is 0 Å². The maximum Gasteiger partial charge on any atom is 0.269 e. The van der Waals surface area contributed by atoms with Gasteiger partial charge in [-0.15, -0.1) is 0 Å². The summed E-state index contributed by atoms with van der Waals surface area (Å²) in [6.07, 6.45) is -1.26. The zero-order valence-electron chi connectivity index (χ0n) is 15.4. The van der Waals surface area contributed by atoms with E-state index in [-0.39, 0.29) is 10.5 Å². The van der Waals surface area contributed by atoms with Gasteiger partial charge in [-0.3, -0.25) is 9.59 Å². The first-order chi connectivity index (χ1) is 14.1. The molecule has 1 atom stereocenters. The normalized spacial score (nSPS) is 16.0. The van der Waals surface area contributed by atoms with Gasteiger partial charge in [-0.25, -0.2) is 12.7 Å². The minimum atomic E-state index is -4.15. The number of alkyl halides is 3. The minimum absolute atomic E-state index is 0.00428. The number of fused-ring (bicyclic) bond motifs is 1. The number of anilines is 1. The largest absolute Gasteiger partial charge is 0.495 e. The lowest BCUT2D eigenvalue weighted by molar-refractivity contribution is -0.121. The lowest BCUT2D eigenvalue weighted by atomic mass is 10.2. The molecular weight excluding hydrogens is 477 g/mol. The van der Waals surface area contributed by atoms with Gasteiger partial charge in [-0.05, 0) is 24.3 Å². The monoisotopic (exact) mass is 491 g/mol. The first kappa shape index (κ1) is 22.5. The van der Waals surface area contributed by atoms with Crippen molar-refractivity contribution in [3.8, 4) is 5.75 Å².